The van der Waals surface area contributed by atoms with E-state index in [2.05, 4.69) is 6.58 Å². The summed E-state index contributed by atoms with van der Waals surface area (Å²) in [7, 11) is 0. The van der Waals surface area contributed by atoms with Crippen molar-refractivity contribution in [2.45, 2.75) is 43.4 Å². The summed E-state index contributed by atoms with van der Waals surface area (Å²) < 4.78 is 28.1. The molecule has 0 saturated carbocycles. The number of fused-ring (bicyclic) bond motifs is 1. The van der Waals surface area contributed by atoms with Crippen molar-refractivity contribution < 1.29 is 58.8 Å². The summed E-state index contributed by atoms with van der Waals surface area (Å²) in [5.41, 5.74) is 0.601. The largest absolute Gasteiger partial charge is 0.508 e. The Hall–Kier alpha value is -3.94. The quantitative estimate of drug-likeness (QED) is 0.238. The molecule has 0 spiro atoms. The number of hydrogen-bond acceptors (Lipinski definition) is 12. The van der Waals surface area contributed by atoms with Gasteiger partial charge in [-0.2, -0.15) is 0 Å². The molecular formula is C29H30O12. The molecule has 0 aromatic heterocycles. The standard InChI is InChI=1S/C29H30O12/c1-2-16-17-9-10-37-26(35)19(17)13-38-28(16)41-29-25(24(34)23(33)21(12-30)39-29)40-27(36)18-7-4-8-20(32)22(18)14-5-3-6-15(31)11-14/h2-8,11,13,16-17,21,23-25,28-34H,1,9-10,12H2. The third-order valence-electron chi connectivity index (χ3n) is 7.41. The van der Waals surface area contributed by atoms with Crippen LogP contribution in [0.1, 0.15) is 16.8 Å². The van der Waals surface area contributed by atoms with Crippen LogP contribution in [-0.4, -0.2) is 87.7 Å². The second-order valence-corrected chi connectivity index (χ2v) is 9.88. The minimum Gasteiger partial charge on any atom is -0.508 e. The zero-order valence-corrected chi connectivity index (χ0v) is 21.7. The molecule has 0 amide bonds. The summed E-state index contributed by atoms with van der Waals surface area (Å²) in [6, 6.07) is 10.0. The molecule has 12 nitrogen and oxygen atoms in total. The van der Waals surface area contributed by atoms with Crippen molar-refractivity contribution in [3.63, 3.8) is 0 Å². The van der Waals surface area contributed by atoms with Gasteiger partial charge in [0.25, 0.3) is 0 Å². The fourth-order valence-electron chi connectivity index (χ4n) is 5.31. The highest BCUT2D eigenvalue weighted by molar-refractivity contribution is 5.99. The van der Waals surface area contributed by atoms with E-state index >= 15 is 0 Å². The second kappa shape index (κ2) is 11.9. The number of aliphatic hydroxyl groups excluding tert-OH is 3. The molecule has 12 heteroatoms. The maximum Gasteiger partial charge on any atom is 0.339 e. The Kier molecular flexibility index (Phi) is 8.29. The van der Waals surface area contributed by atoms with Crippen molar-refractivity contribution >= 4 is 11.9 Å². The van der Waals surface area contributed by atoms with Crippen molar-refractivity contribution in [1.82, 2.24) is 0 Å². The summed E-state index contributed by atoms with van der Waals surface area (Å²) in [4.78, 5) is 25.7. The molecule has 5 rings (SSSR count). The van der Waals surface area contributed by atoms with Crippen LogP contribution in [0.25, 0.3) is 11.1 Å². The fourth-order valence-corrected chi connectivity index (χ4v) is 5.31. The first-order valence-corrected chi connectivity index (χ1v) is 13.0. The Balaban J connectivity index is 1.44. The number of benzene rings is 2. The molecule has 2 aromatic carbocycles. The lowest BCUT2D eigenvalue weighted by molar-refractivity contribution is -0.338. The Morgan fingerprint density at radius 1 is 1.10 bits per heavy atom. The maximum absolute atomic E-state index is 13.5. The van der Waals surface area contributed by atoms with Crippen LogP contribution < -0.4 is 0 Å². The first-order chi connectivity index (χ1) is 19.7. The number of phenols is 2. The number of rotatable bonds is 7. The van der Waals surface area contributed by atoms with E-state index in [9.17, 15) is 35.1 Å². The fraction of sp³-hybridized carbons (Fsp3) is 0.379. The van der Waals surface area contributed by atoms with E-state index in [4.69, 9.17) is 23.7 Å². The zero-order chi connectivity index (χ0) is 29.3. The van der Waals surface area contributed by atoms with Crippen LogP contribution in [0.3, 0.4) is 0 Å². The molecule has 3 aliphatic rings. The summed E-state index contributed by atoms with van der Waals surface area (Å²) in [5, 5.41) is 51.7. The van der Waals surface area contributed by atoms with E-state index in [0.29, 0.717) is 17.6 Å². The van der Waals surface area contributed by atoms with Crippen molar-refractivity contribution in [1.29, 1.82) is 0 Å². The van der Waals surface area contributed by atoms with E-state index in [1.54, 1.807) is 12.1 Å². The van der Waals surface area contributed by atoms with Gasteiger partial charge in [-0.1, -0.05) is 24.3 Å². The number of hydrogen-bond donors (Lipinski definition) is 5. The second-order valence-electron chi connectivity index (χ2n) is 9.88. The molecular weight excluding hydrogens is 540 g/mol. The van der Waals surface area contributed by atoms with Gasteiger partial charge in [0.15, 0.2) is 6.10 Å². The number of aromatic hydroxyl groups is 2. The van der Waals surface area contributed by atoms with Crippen LogP contribution in [-0.2, 0) is 28.5 Å². The van der Waals surface area contributed by atoms with Crippen LogP contribution in [0, 0.1) is 11.8 Å². The first kappa shape index (κ1) is 28.6. The van der Waals surface area contributed by atoms with Gasteiger partial charge in [-0.15, -0.1) is 6.58 Å². The molecule has 0 bridgehead atoms. The summed E-state index contributed by atoms with van der Waals surface area (Å²) in [6.07, 6.45) is -5.66. The Morgan fingerprint density at radius 2 is 1.88 bits per heavy atom. The van der Waals surface area contributed by atoms with Gasteiger partial charge in [-0.05, 0) is 36.2 Å². The Bertz CT molecular complexity index is 1340. The number of phenolic OH excluding ortho intramolecular Hbond substituents is 2. The molecule has 0 aliphatic carbocycles. The van der Waals surface area contributed by atoms with Crippen LogP contribution in [0.2, 0.25) is 0 Å². The van der Waals surface area contributed by atoms with Gasteiger partial charge in [0.1, 0.15) is 29.8 Å². The molecule has 2 aromatic rings. The van der Waals surface area contributed by atoms with Crippen molar-refractivity contribution in [2.75, 3.05) is 13.2 Å². The summed E-state index contributed by atoms with van der Waals surface area (Å²) in [6.45, 7) is 3.34. The third kappa shape index (κ3) is 5.52. The highest BCUT2D eigenvalue weighted by atomic mass is 16.8. The monoisotopic (exact) mass is 570 g/mol. The van der Waals surface area contributed by atoms with Crippen LogP contribution >= 0.6 is 0 Å². The van der Waals surface area contributed by atoms with Crippen LogP contribution in [0.15, 0.2) is 67.0 Å². The minimum absolute atomic E-state index is 0.0649. The number of cyclic esters (lactones) is 1. The third-order valence-corrected chi connectivity index (χ3v) is 7.41. The van der Waals surface area contributed by atoms with Gasteiger partial charge in [0.2, 0.25) is 12.6 Å². The summed E-state index contributed by atoms with van der Waals surface area (Å²) in [5.74, 6) is -2.77. The predicted octanol–water partition coefficient (Wildman–Crippen LogP) is 1.35. The SMILES string of the molecule is C=CC1C(OC2OC(CO)C(O)C(O)C2OC(=O)c2cccc(O)c2-c2cccc(O)c2)OC=C2C(=O)OCCC21. The summed E-state index contributed by atoms with van der Waals surface area (Å²) >= 11 is 0. The normalized spacial score (nSPS) is 31.2. The van der Waals surface area contributed by atoms with Gasteiger partial charge >= 0.3 is 11.9 Å². The minimum atomic E-state index is -1.75. The van der Waals surface area contributed by atoms with Crippen molar-refractivity contribution in [3.05, 3.63) is 72.5 Å². The lowest BCUT2D eigenvalue weighted by Gasteiger charge is -2.44. The van der Waals surface area contributed by atoms with E-state index in [0.717, 1.165) is 0 Å². The highest BCUT2D eigenvalue weighted by Crippen LogP contribution is 2.40. The lowest BCUT2D eigenvalue weighted by Crippen LogP contribution is -2.61. The maximum atomic E-state index is 13.5. The van der Waals surface area contributed by atoms with E-state index in [-0.39, 0.29) is 35.2 Å². The molecule has 2 saturated heterocycles. The number of ether oxygens (including phenoxy) is 5. The topological polar surface area (TPSA) is 181 Å². The van der Waals surface area contributed by atoms with E-state index in [1.807, 2.05) is 0 Å². The zero-order valence-electron chi connectivity index (χ0n) is 21.7. The number of aliphatic hydroxyl groups is 3. The lowest BCUT2D eigenvalue weighted by atomic mass is 9.81. The molecule has 2 fully saturated rings. The average Bonchev–Trinajstić information content (AvgIpc) is 2.96. The van der Waals surface area contributed by atoms with E-state index in [1.165, 1.54) is 42.7 Å². The van der Waals surface area contributed by atoms with Crippen LogP contribution in [0.4, 0.5) is 0 Å². The van der Waals surface area contributed by atoms with Crippen molar-refractivity contribution in [2.24, 2.45) is 11.8 Å². The van der Waals surface area contributed by atoms with Gasteiger partial charge in [-0.3, -0.25) is 0 Å². The molecule has 8 atom stereocenters. The number of carbonyl (C=O) groups excluding carboxylic acids is 2. The molecule has 3 heterocycles. The molecule has 41 heavy (non-hydrogen) atoms. The Morgan fingerprint density at radius 3 is 2.61 bits per heavy atom. The van der Waals surface area contributed by atoms with Gasteiger partial charge in [0.05, 0.1) is 30.6 Å². The molecule has 3 aliphatic heterocycles. The molecule has 218 valence electrons. The Labute approximate surface area is 234 Å². The predicted molar refractivity (Wildman–Crippen MR) is 139 cm³/mol. The van der Waals surface area contributed by atoms with Crippen LogP contribution in [0.5, 0.6) is 11.5 Å². The molecule has 8 unspecified atom stereocenters. The smallest absolute Gasteiger partial charge is 0.339 e. The average molecular weight is 571 g/mol. The van der Waals surface area contributed by atoms with Gasteiger partial charge in [-0.25, -0.2) is 9.59 Å². The van der Waals surface area contributed by atoms with Gasteiger partial charge in [0, 0.05) is 17.4 Å². The van der Waals surface area contributed by atoms with E-state index < -0.39 is 61.5 Å². The molecule has 5 N–H and O–H groups in total. The van der Waals surface area contributed by atoms with Crippen molar-refractivity contribution in [3.8, 4) is 22.6 Å². The van der Waals surface area contributed by atoms with Gasteiger partial charge < -0.3 is 49.2 Å². The molecule has 0 radical (unpaired) electrons. The number of esters is 2. The first-order valence-electron chi connectivity index (χ1n) is 13.0. The number of carbonyl (C=O) groups is 2. The highest BCUT2D eigenvalue weighted by Gasteiger charge is 2.50.